The van der Waals surface area contributed by atoms with Gasteiger partial charge in [-0.15, -0.1) is 0 Å². The number of nitrogens with one attached hydrogen (secondary N) is 2. The van der Waals surface area contributed by atoms with Crippen LogP contribution < -0.4 is 15.4 Å². The summed E-state index contributed by atoms with van der Waals surface area (Å²) in [6.07, 6.45) is 8.16. The summed E-state index contributed by atoms with van der Waals surface area (Å²) in [6, 6.07) is 0.444. The molecular formula is C18H28N4O3. The fraction of sp³-hybridized carbons (Fsp3) is 0.611. The normalized spacial score (nSPS) is 15.7. The fourth-order valence-corrected chi connectivity index (χ4v) is 2.10. The highest BCUT2D eigenvalue weighted by Crippen LogP contribution is 2.25. The third-order valence-corrected chi connectivity index (χ3v) is 3.43. The summed E-state index contributed by atoms with van der Waals surface area (Å²) in [5, 5.41) is 6.05. The summed E-state index contributed by atoms with van der Waals surface area (Å²) < 4.78 is 10.6. The van der Waals surface area contributed by atoms with E-state index in [-0.39, 0.29) is 6.04 Å². The van der Waals surface area contributed by atoms with Crippen LogP contribution in [0.3, 0.4) is 0 Å². The molecule has 1 amide bonds. The molecule has 0 unspecified atom stereocenters. The first-order valence-corrected chi connectivity index (χ1v) is 8.60. The van der Waals surface area contributed by atoms with Crippen LogP contribution in [0.1, 0.15) is 52.5 Å². The molecule has 0 aliphatic heterocycles. The lowest BCUT2D eigenvalue weighted by atomic mass is 10.2. The monoisotopic (exact) mass is 348 g/mol. The summed E-state index contributed by atoms with van der Waals surface area (Å²) in [5.74, 6) is 1.12. The minimum absolute atomic E-state index is 0.0474. The highest BCUT2D eigenvalue weighted by Gasteiger charge is 2.22. The number of anilines is 1. The van der Waals surface area contributed by atoms with Gasteiger partial charge in [-0.3, -0.25) is 0 Å². The van der Waals surface area contributed by atoms with Crippen LogP contribution in [-0.2, 0) is 4.74 Å². The van der Waals surface area contributed by atoms with E-state index in [1.165, 1.54) is 0 Å². The molecule has 1 aliphatic rings. The van der Waals surface area contributed by atoms with Crippen LogP contribution in [0, 0.1) is 0 Å². The summed E-state index contributed by atoms with van der Waals surface area (Å²) in [7, 11) is 1.59. The van der Waals surface area contributed by atoms with Crippen molar-refractivity contribution in [3.8, 4) is 5.88 Å². The van der Waals surface area contributed by atoms with Crippen LogP contribution in [0.5, 0.6) is 5.88 Å². The van der Waals surface area contributed by atoms with Gasteiger partial charge in [0.2, 0.25) is 11.8 Å². The maximum atomic E-state index is 11.7. The standard InChI is InChI=1S/C18H28N4O3/c1-12(20-17(23)25-18(2,3)4)7-6-8-13-11-19-16(21-14-9-10-14)22-15(13)24-5/h6,8,11-12,14H,7,9-10H2,1-5H3,(H,20,23)(H,19,21,22)/b8-6+/t12-/m0/s1. The van der Waals surface area contributed by atoms with E-state index in [4.69, 9.17) is 9.47 Å². The molecule has 1 aliphatic carbocycles. The molecule has 1 heterocycles. The minimum Gasteiger partial charge on any atom is -0.480 e. The van der Waals surface area contributed by atoms with Crippen molar-refractivity contribution in [2.75, 3.05) is 12.4 Å². The molecule has 0 bridgehead atoms. The molecule has 1 aromatic rings. The number of carbonyl (C=O) groups is 1. The van der Waals surface area contributed by atoms with Gasteiger partial charge in [-0.1, -0.05) is 12.2 Å². The van der Waals surface area contributed by atoms with Gasteiger partial charge >= 0.3 is 6.09 Å². The number of amides is 1. The first-order valence-electron chi connectivity index (χ1n) is 8.60. The minimum atomic E-state index is -0.499. The van der Waals surface area contributed by atoms with Crippen molar-refractivity contribution >= 4 is 18.1 Å². The van der Waals surface area contributed by atoms with E-state index in [1.54, 1.807) is 13.3 Å². The second-order valence-electron chi connectivity index (χ2n) is 7.26. The number of aromatic nitrogens is 2. The smallest absolute Gasteiger partial charge is 0.407 e. The van der Waals surface area contributed by atoms with E-state index < -0.39 is 11.7 Å². The van der Waals surface area contributed by atoms with Crippen LogP contribution >= 0.6 is 0 Å². The van der Waals surface area contributed by atoms with Gasteiger partial charge in [0, 0.05) is 18.3 Å². The second-order valence-corrected chi connectivity index (χ2v) is 7.26. The van der Waals surface area contributed by atoms with Gasteiger partial charge in [-0.2, -0.15) is 4.98 Å². The van der Waals surface area contributed by atoms with Gasteiger partial charge in [0.15, 0.2) is 0 Å². The number of ether oxygens (including phenoxy) is 2. The lowest BCUT2D eigenvalue weighted by Gasteiger charge is -2.21. The molecule has 7 nitrogen and oxygen atoms in total. The summed E-state index contributed by atoms with van der Waals surface area (Å²) in [4.78, 5) is 20.4. The molecule has 0 radical (unpaired) electrons. The van der Waals surface area contributed by atoms with Crippen LogP contribution in [0.4, 0.5) is 10.7 Å². The second kappa shape index (κ2) is 8.18. The van der Waals surface area contributed by atoms with E-state index in [9.17, 15) is 4.79 Å². The number of rotatable bonds is 7. The average molecular weight is 348 g/mol. The zero-order chi connectivity index (χ0) is 18.4. The topological polar surface area (TPSA) is 85.4 Å². The highest BCUT2D eigenvalue weighted by molar-refractivity contribution is 5.68. The van der Waals surface area contributed by atoms with Crippen molar-refractivity contribution in [1.82, 2.24) is 15.3 Å². The number of nitrogens with zero attached hydrogens (tertiary/aromatic N) is 2. The third kappa shape index (κ3) is 6.99. The van der Waals surface area contributed by atoms with Crippen molar-refractivity contribution in [3.63, 3.8) is 0 Å². The molecule has 0 aromatic carbocycles. The van der Waals surface area contributed by atoms with E-state index in [1.807, 2.05) is 39.8 Å². The Morgan fingerprint density at radius 1 is 1.44 bits per heavy atom. The number of hydrogen-bond acceptors (Lipinski definition) is 6. The van der Waals surface area contributed by atoms with E-state index in [2.05, 4.69) is 20.6 Å². The Labute approximate surface area is 149 Å². The molecule has 1 fully saturated rings. The molecule has 2 rings (SSSR count). The first-order chi connectivity index (χ1) is 11.8. The van der Waals surface area contributed by atoms with Gasteiger partial charge < -0.3 is 20.1 Å². The Morgan fingerprint density at radius 2 is 2.16 bits per heavy atom. The SMILES string of the molecule is COc1nc(NC2CC2)ncc1/C=C/C[C@H](C)NC(=O)OC(C)(C)C. The van der Waals surface area contributed by atoms with Crippen molar-refractivity contribution in [3.05, 3.63) is 17.8 Å². The molecule has 1 atom stereocenters. The van der Waals surface area contributed by atoms with Gasteiger partial charge in [0.25, 0.3) is 0 Å². The number of methoxy groups -OCH3 is 1. The molecule has 25 heavy (non-hydrogen) atoms. The van der Waals surface area contributed by atoms with Crippen LogP contribution in [0.25, 0.3) is 6.08 Å². The third-order valence-electron chi connectivity index (χ3n) is 3.43. The predicted molar refractivity (Wildman–Crippen MR) is 97.7 cm³/mol. The molecule has 138 valence electrons. The summed E-state index contributed by atoms with van der Waals surface area (Å²) in [6.45, 7) is 7.44. The Bertz CT molecular complexity index is 621. The Hall–Kier alpha value is -2.31. The van der Waals surface area contributed by atoms with Gasteiger partial charge in [0.05, 0.1) is 12.7 Å². The summed E-state index contributed by atoms with van der Waals surface area (Å²) in [5.41, 5.74) is 0.300. The van der Waals surface area contributed by atoms with Crippen molar-refractivity contribution in [2.24, 2.45) is 0 Å². The van der Waals surface area contributed by atoms with Gasteiger partial charge in [-0.05, 0) is 47.0 Å². The maximum absolute atomic E-state index is 11.7. The van der Waals surface area contributed by atoms with Crippen molar-refractivity contribution in [2.45, 2.75) is 64.6 Å². The zero-order valence-electron chi connectivity index (χ0n) is 15.6. The Balaban J connectivity index is 1.86. The average Bonchev–Trinajstić information content (AvgIpc) is 3.30. The predicted octanol–water partition coefficient (Wildman–Crippen LogP) is 3.38. The molecule has 1 aromatic heterocycles. The van der Waals surface area contributed by atoms with Crippen LogP contribution in [0.15, 0.2) is 12.3 Å². The molecule has 1 saturated carbocycles. The van der Waals surface area contributed by atoms with E-state index in [0.29, 0.717) is 24.3 Å². The zero-order valence-corrected chi connectivity index (χ0v) is 15.6. The number of hydrogen-bond donors (Lipinski definition) is 2. The van der Waals surface area contributed by atoms with Crippen molar-refractivity contribution in [1.29, 1.82) is 0 Å². The largest absolute Gasteiger partial charge is 0.480 e. The van der Waals surface area contributed by atoms with Gasteiger partial charge in [-0.25, -0.2) is 9.78 Å². The quantitative estimate of drug-likeness (QED) is 0.786. The van der Waals surface area contributed by atoms with E-state index >= 15 is 0 Å². The van der Waals surface area contributed by atoms with E-state index in [0.717, 1.165) is 18.4 Å². The number of carbonyl (C=O) groups excluding carboxylic acids is 1. The van der Waals surface area contributed by atoms with Crippen LogP contribution in [0.2, 0.25) is 0 Å². The Morgan fingerprint density at radius 3 is 2.76 bits per heavy atom. The lowest BCUT2D eigenvalue weighted by molar-refractivity contribution is 0.0509. The highest BCUT2D eigenvalue weighted by atomic mass is 16.6. The van der Waals surface area contributed by atoms with Gasteiger partial charge in [0.1, 0.15) is 5.60 Å². The first kappa shape index (κ1) is 19.0. The summed E-state index contributed by atoms with van der Waals surface area (Å²) >= 11 is 0. The molecule has 2 N–H and O–H groups in total. The molecule has 0 spiro atoms. The lowest BCUT2D eigenvalue weighted by Crippen LogP contribution is -2.37. The number of alkyl carbamates (subject to hydrolysis) is 1. The molecular weight excluding hydrogens is 320 g/mol. The Kier molecular flexibility index (Phi) is 6.22. The fourth-order valence-electron chi connectivity index (χ4n) is 2.10. The molecule has 0 saturated heterocycles. The molecule has 7 heteroatoms. The van der Waals surface area contributed by atoms with Crippen LogP contribution in [-0.4, -0.2) is 40.9 Å². The van der Waals surface area contributed by atoms with Crippen molar-refractivity contribution < 1.29 is 14.3 Å². The maximum Gasteiger partial charge on any atom is 0.407 e.